The minimum Gasteiger partial charge on any atom is -0.370 e. The van der Waals surface area contributed by atoms with E-state index in [1.54, 1.807) is 0 Å². The van der Waals surface area contributed by atoms with Crippen LogP contribution in [0.2, 0.25) is 0 Å². The van der Waals surface area contributed by atoms with Crippen molar-refractivity contribution >= 4 is 11.8 Å². The summed E-state index contributed by atoms with van der Waals surface area (Å²) in [7, 11) is 0. The number of carbonyl (C=O) groups is 2. The first-order valence-electron chi connectivity index (χ1n) is 8.93. The third kappa shape index (κ3) is 3.62. The lowest BCUT2D eigenvalue weighted by Gasteiger charge is -2.31. The van der Waals surface area contributed by atoms with Gasteiger partial charge in [0.2, 0.25) is 5.91 Å². The van der Waals surface area contributed by atoms with E-state index in [9.17, 15) is 9.59 Å². The van der Waals surface area contributed by atoms with Gasteiger partial charge in [0.15, 0.2) is 5.69 Å². The first kappa shape index (κ1) is 17.0. The van der Waals surface area contributed by atoms with Crippen LogP contribution >= 0.6 is 0 Å². The van der Waals surface area contributed by atoms with Crippen LogP contribution in [0.3, 0.4) is 0 Å². The highest BCUT2D eigenvalue weighted by Crippen LogP contribution is 2.41. The van der Waals surface area contributed by atoms with Gasteiger partial charge in [-0.2, -0.15) is 5.10 Å². The standard InChI is InChI=1S/C18H28N4O2/c1-18(2,3)22-15(13-4-5-13)11-14(20-22)17(24)21-8-6-12(7-9-21)10-16(19)23/h11-13H,4-10H2,1-3H3,(H2,19,23). The van der Waals surface area contributed by atoms with Crippen molar-refractivity contribution in [2.24, 2.45) is 11.7 Å². The zero-order chi connectivity index (χ0) is 17.5. The molecule has 1 aliphatic carbocycles. The molecule has 0 aromatic carbocycles. The summed E-state index contributed by atoms with van der Waals surface area (Å²) < 4.78 is 2.03. The van der Waals surface area contributed by atoms with Crippen molar-refractivity contribution in [3.63, 3.8) is 0 Å². The molecular formula is C18H28N4O2. The van der Waals surface area contributed by atoms with Gasteiger partial charge in [-0.3, -0.25) is 14.3 Å². The third-order valence-electron chi connectivity index (χ3n) is 4.98. The molecule has 1 aromatic rings. The Balaban J connectivity index is 1.71. The summed E-state index contributed by atoms with van der Waals surface area (Å²) in [6.45, 7) is 7.72. The Bertz CT molecular complexity index is 632. The van der Waals surface area contributed by atoms with Crippen LogP contribution < -0.4 is 5.73 Å². The Kier molecular flexibility index (Phi) is 4.40. The summed E-state index contributed by atoms with van der Waals surface area (Å²) in [6.07, 6.45) is 4.47. The number of nitrogens with zero attached hydrogens (tertiary/aromatic N) is 3. The molecule has 0 atom stereocenters. The van der Waals surface area contributed by atoms with Crippen molar-refractivity contribution in [3.8, 4) is 0 Å². The van der Waals surface area contributed by atoms with Gasteiger partial charge in [-0.15, -0.1) is 0 Å². The van der Waals surface area contributed by atoms with Gasteiger partial charge in [0.1, 0.15) is 0 Å². The van der Waals surface area contributed by atoms with E-state index < -0.39 is 0 Å². The molecular weight excluding hydrogens is 304 g/mol. The summed E-state index contributed by atoms with van der Waals surface area (Å²) in [5.41, 5.74) is 6.90. The molecule has 1 aliphatic heterocycles. The predicted octanol–water partition coefficient (Wildman–Crippen LogP) is 2.24. The van der Waals surface area contributed by atoms with E-state index in [0.717, 1.165) is 12.8 Å². The lowest BCUT2D eigenvalue weighted by molar-refractivity contribution is -0.119. The number of hydrogen-bond donors (Lipinski definition) is 1. The summed E-state index contributed by atoms with van der Waals surface area (Å²) in [4.78, 5) is 25.7. The third-order valence-corrected chi connectivity index (χ3v) is 4.98. The van der Waals surface area contributed by atoms with Crippen LogP contribution in [-0.4, -0.2) is 39.6 Å². The molecule has 2 heterocycles. The zero-order valence-electron chi connectivity index (χ0n) is 14.9. The van der Waals surface area contributed by atoms with Crippen LogP contribution in [0.5, 0.6) is 0 Å². The zero-order valence-corrected chi connectivity index (χ0v) is 14.9. The molecule has 2 fully saturated rings. The van der Waals surface area contributed by atoms with Crippen LogP contribution in [0.1, 0.15) is 75.0 Å². The second-order valence-electron chi connectivity index (χ2n) is 8.22. The highest BCUT2D eigenvalue weighted by molar-refractivity contribution is 5.92. The number of piperidine rings is 1. The number of hydrogen-bond acceptors (Lipinski definition) is 3. The van der Waals surface area contributed by atoms with Crippen molar-refractivity contribution in [1.29, 1.82) is 0 Å². The molecule has 24 heavy (non-hydrogen) atoms. The molecule has 1 saturated heterocycles. The predicted molar refractivity (Wildman–Crippen MR) is 91.6 cm³/mol. The van der Waals surface area contributed by atoms with E-state index in [0.29, 0.717) is 37.0 Å². The van der Waals surface area contributed by atoms with Crippen molar-refractivity contribution in [1.82, 2.24) is 14.7 Å². The van der Waals surface area contributed by atoms with Crippen LogP contribution in [-0.2, 0) is 10.3 Å². The number of carbonyl (C=O) groups excluding carboxylic acids is 2. The first-order valence-corrected chi connectivity index (χ1v) is 8.93. The van der Waals surface area contributed by atoms with E-state index in [-0.39, 0.29) is 17.4 Å². The van der Waals surface area contributed by atoms with Crippen molar-refractivity contribution < 1.29 is 9.59 Å². The molecule has 6 nitrogen and oxygen atoms in total. The van der Waals surface area contributed by atoms with Gasteiger partial charge in [-0.1, -0.05) is 0 Å². The van der Waals surface area contributed by atoms with Crippen LogP contribution in [0.15, 0.2) is 6.07 Å². The van der Waals surface area contributed by atoms with Gasteiger partial charge in [0.25, 0.3) is 5.91 Å². The quantitative estimate of drug-likeness (QED) is 0.918. The summed E-state index contributed by atoms with van der Waals surface area (Å²) in [5, 5.41) is 4.64. The van der Waals surface area contributed by atoms with E-state index in [2.05, 4.69) is 25.9 Å². The van der Waals surface area contributed by atoms with Gasteiger partial charge < -0.3 is 10.6 Å². The fraction of sp³-hybridized carbons (Fsp3) is 0.722. The number of rotatable bonds is 4. The SMILES string of the molecule is CC(C)(C)n1nc(C(=O)N2CCC(CC(N)=O)CC2)cc1C1CC1. The van der Waals surface area contributed by atoms with E-state index in [4.69, 9.17) is 5.73 Å². The molecule has 2 aliphatic rings. The summed E-state index contributed by atoms with van der Waals surface area (Å²) >= 11 is 0. The Morgan fingerprint density at radius 2 is 1.83 bits per heavy atom. The normalized spacial score (nSPS) is 19.5. The number of primary amides is 1. The number of nitrogens with two attached hydrogens (primary N) is 1. The topological polar surface area (TPSA) is 81.2 Å². The molecule has 2 amide bonds. The Morgan fingerprint density at radius 1 is 1.21 bits per heavy atom. The maximum atomic E-state index is 12.8. The highest BCUT2D eigenvalue weighted by Gasteiger charge is 2.34. The fourth-order valence-electron chi connectivity index (χ4n) is 3.49. The lowest BCUT2D eigenvalue weighted by atomic mass is 9.93. The van der Waals surface area contributed by atoms with E-state index >= 15 is 0 Å². The van der Waals surface area contributed by atoms with Gasteiger partial charge in [-0.25, -0.2) is 0 Å². The number of aromatic nitrogens is 2. The lowest BCUT2D eigenvalue weighted by Crippen LogP contribution is -2.39. The van der Waals surface area contributed by atoms with Crippen LogP contribution in [0.25, 0.3) is 0 Å². The monoisotopic (exact) mass is 332 g/mol. The minimum atomic E-state index is -0.252. The molecule has 2 N–H and O–H groups in total. The van der Waals surface area contributed by atoms with Crippen LogP contribution in [0, 0.1) is 5.92 Å². The largest absolute Gasteiger partial charge is 0.370 e. The smallest absolute Gasteiger partial charge is 0.274 e. The molecule has 0 unspecified atom stereocenters. The minimum absolute atomic E-state index is 0.0115. The second-order valence-corrected chi connectivity index (χ2v) is 8.22. The molecule has 1 aromatic heterocycles. The van der Waals surface area contributed by atoms with Gasteiger partial charge >= 0.3 is 0 Å². The Morgan fingerprint density at radius 3 is 2.33 bits per heavy atom. The fourth-order valence-corrected chi connectivity index (χ4v) is 3.49. The summed E-state index contributed by atoms with van der Waals surface area (Å²) in [6, 6.07) is 1.99. The van der Waals surface area contributed by atoms with Gasteiger partial charge in [-0.05, 0) is 58.4 Å². The maximum absolute atomic E-state index is 12.8. The molecule has 0 spiro atoms. The van der Waals surface area contributed by atoms with Crippen molar-refractivity contribution in [2.75, 3.05) is 13.1 Å². The van der Waals surface area contributed by atoms with Crippen molar-refractivity contribution in [2.45, 2.75) is 64.3 Å². The number of amides is 2. The molecule has 1 saturated carbocycles. The van der Waals surface area contributed by atoms with E-state index in [1.165, 1.54) is 18.5 Å². The Labute approximate surface area is 143 Å². The first-order chi connectivity index (χ1) is 11.3. The van der Waals surface area contributed by atoms with Crippen LogP contribution in [0.4, 0.5) is 0 Å². The maximum Gasteiger partial charge on any atom is 0.274 e. The van der Waals surface area contributed by atoms with Gasteiger partial charge in [0.05, 0.1) is 5.54 Å². The van der Waals surface area contributed by atoms with Gasteiger partial charge in [0, 0.05) is 31.1 Å². The molecule has 3 rings (SSSR count). The average Bonchev–Trinajstić information content (AvgIpc) is 3.24. The molecule has 0 bridgehead atoms. The Hall–Kier alpha value is -1.85. The summed E-state index contributed by atoms with van der Waals surface area (Å²) in [5.74, 6) is 0.621. The molecule has 0 radical (unpaired) electrons. The molecule has 6 heteroatoms. The highest BCUT2D eigenvalue weighted by atomic mass is 16.2. The average molecular weight is 332 g/mol. The number of likely N-dealkylation sites (tertiary alicyclic amines) is 1. The molecule has 132 valence electrons. The second kappa shape index (κ2) is 6.22. The van der Waals surface area contributed by atoms with E-state index in [1.807, 2.05) is 15.6 Å². The van der Waals surface area contributed by atoms with Crippen molar-refractivity contribution in [3.05, 3.63) is 17.5 Å².